The van der Waals surface area contributed by atoms with Crippen LogP contribution in [0.4, 0.5) is 8.78 Å². The van der Waals surface area contributed by atoms with Crippen molar-refractivity contribution in [2.24, 2.45) is 0 Å². The Morgan fingerprint density at radius 3 is 2.47 bits per heavy atom. The van der Waals surface area contributed by atoms with Crippen LogP contribution in [0.15, 0.2) is 40.9 Å². The van der Waals surface area contributed by atoms with E-state index in [1.54, 1.807) is 13.0 Å². The van der Waals surface area contributed by atoms with Gasteiger partial charge in [0, 0.05) is 16.5 Å². The molecule has 19 heavy (non-hydrogen) atoms. The van der Waals surface area contributed by atoms with Gasteiger partial charge in [0.25, 0.3) is 0 Å². The lowest BCUT2D eigenvalue weighted by Crippen LogP contribution is -2.06. The van der Waals surface area contributed by atoms with Crippen molar-refractivity contribution in [1.29, 1.82) is 0 Å². The van der Waals surface area contributed by atoms with E-state index in [1.807, 2.05) is 0 Å². The predicted octanol–water partition coefficient (Wildman–Crippen LogP) is 4.46. The van der Waals surface area contributed by atoms with E-state index in [4.69, 9.17) is 0 Å². The number of hydrogen-bond acceptors (Lipinski definition) is 1. The number of halogens is 3. The molecule has 2 rings (SSSR count). The molecule has 0 aromatic heterocycles. The molecule has 0 N–H and O–H groups in total. The first-order valence-electron chi connectivity index (χ1n) is 5.70. The number of rotatable bonds is 3. The van der Waals surface area contributed by atoms with Crippen molar-refractivity contribution in [3.8, 4) is 0 Å². The van der Waals surface area contributed by atoms with Gasteiger partial charge in [-0.2, -0.15) is 0 Å². The van der Waals surface area contributed by atoms with Crippen LogP contribution < -0.4 is 0 Å². The molecular weight excluding hydrogens is 314 g/mol. The summed E-state index contributed by atoms with van der Waals surface area (Å²) in [6.07, 6.45) is 0.0861. The van der Waals surface area contributed by atoms with E-state index in [1.165, 1.54) is 30.3 Å². The SMILES string of the molecule is Cc1cc(F)ccc1C(=O)Cc1cc(F)cc(Br)c1. The molecular formula is C15H11BrF2O. The standard InChI is InChI=1S/C15H11BrF2O/c1-9-4-12(17)2-3-14(9)15(19)7-10-5-11(16)8-13(18)6-10/h2-6,8H,7H2,1H3. The Kier molecular flexibility index (Phi) is 4.10. The Bertz CT molecular complexity index is 618. The summed E-state index contributed by atoms with van der Waals surface area (Å²) >= 11 is 3.18. The first kappa shape index (κ1) is 13.9. The number of carbonyl (C=O) groups excluding carboxylic acids is 1. The number of hydrogen-bond donors (Lipinski definition) is 0. The molecule has 0 fully saturated rings. The van der Waals surface area contributed by atoms with Gasteiger partial charge in [-0.15, -0.1) is 0 Å². The molecule has 0 unspecified atom stereocenters. The molecule has 0 aliphatic rings. The highest BCUT2D eigenvalue weighted by atomic mass is 79.9. The molecule has 0 aliphatic carbocycles. The molecule has 4 heteroatoms. The van der Waals surface area contributed by atoms with Gasteiger partial charge in [-0.3, -0.25) is 4.79 Å². The van der Waals surface area contributed by atoms with Gasteiger partial charge in [-0.05, 0) is 54.4 Å². The third kappa shape index (κ3) is 3.47. The molecule has 0 saturated heterocycles. The van der Waals surface area contributed by atoms with Crippen LogP contribution in [0, 0.1) is 18.6 Å². The van der Waals surface area contributed by atoms with Gasteiger partial charge in [0.2, 0.25) is 0 Å². The van der Waals surface area contributed by atoms with E-state index in [0.29, 0.717) is 21.2 Å². The lowest BCUT2D eigenvalue weighted by Gasteiger charge is -2.06. The van der Waals surface area contributed by atoms with Crippen molar-refractivity contribution in [3.05, 3.63) is 69.2 Å². The smallest absolute Gasteiger partial charge is 0.167 e. The molecule has 0 amide bonds. The maximum Gasteiger partial charge on any atom is 0.167 e. The van der Waals surface area contributed by atoms with Crippen LogP contribution in [0.1, 0.15) is 21.5 Å². The summed E-state index contributed by atoms with van der Waals surface area (Å²) in [6, 6.07) is 8.37. The number of Topliss-reactive ketones (excluding diaryl/α,β-unsaturated/α-hetero) is 1. The van der Waals surface area contributed by atoms with Crippen LogP contribution in [0.25, 0.3) is 0 Å². The van der Waals surface area contributed by atoms with Crippen molar-refractivity contribution in [2.75, 3.05) is 0 Å². The zero-order valence-corrected chi connectivity index (χ0v) is 11.8. The van der Waals surface area contributed by atoms with Crippen LogP contribution in [0.2, 0.25) is 0 Å². The van der Waals surface area contributed by atoms with Gasteiger partial charge in [0.15, 0.2) is 5.78 Å². The Hall–Kier alpha value is -1.55. The summed E-state index contributed by atoms with van der Waals surface area (Å²) in [5.41, 5.74) is 1.63. The lowest BCUT2D eigenvalue weighted by atomic mass is 9.99. The minimum absolute atomic E-state index is 0.0861. The van der Waals surface area contributed by atoms with Crippen molar-refractivity contribution < 1.29 is 13.6 Å². The van der Waals surface area contributed by atoms with Crippen LogP contribution in [0.3, 0.4) is 0 Å². The molecule has 0 radical (unpaired) electrons. The normalized spacial score (nSPS) is 10.5. The van der Waals surface area contributed by atoms with Crippen LogP contribution in [-0.2, 0) is 6.42 Å². The molecule has 1 nitrogen and oxygen atoms in total. The molecule has 0 bridgehead atoms. The zero-order valence-electron chi connectivity index (χ0n) is 10.2. The highest BCUT2D eigenvalue weighted by molar-refractivity contribution is 9.10. The molecule has 0 heterocycles. The van der Waals surface area contributed by atoms with Gasteiger partial charge < -0.3 is 0 Å². The van der Waals surface area contributed by atoms with Crippen LogP contribution >= 0.6 is 15.9 Å². The van der Waals surface area contributed by atoms with Crippen LogP contribution in [-0.4, -0.2) is 5.78 Å². The minimum Gasteiger partial charge on any atom is -0.294 e. The Balaban J connectivity index is 2.25. The van der Waals surface area contributed by atoms with Crippen LogP contribution in [0.5, 0.6) is 0 Å². The molecule has 2 aromatic rings. The van der Waals surface area contributed by atoms with Gasteiger partial charge in [0.1, 0.15) is 11.6 Å². The highest BCUT2D eigenvalue weighted by Crippen LogP contribution is 2.18. The fourth-order valence-corrected chi connectivity index (χ4v) is 2.45. The number of aryl methyl sites for hydroxylation is 1. The summed E-state index contributed by atoms with van der Waals surface area (Å²) in [6.45, 7) is 1.68. The fraction of sp³-hybridized carbons (Fsp3) is 0.133. The maximum atomic E-state index is 13.2. The second-order valence-electron chi connectivity index (χ2n) is 4.34. The maximum absolute atomic E-state index is 13.2. The highest BCUT2D eigenvalue weighted by Gasteiger charge is 2.11. The summed E-state index contributed by atoms with van der Waals surface area (Å²) < 4.78 is 26.8. The zero-order chi connectivity index (χ0) is 14.0. The second kappa shape index (κ2) is 5.61. The third-order valence-corrected chi connectivity index (χ3v) is 3.23. The summed E-state index contributed by atoms with van der Waals surface area (Å²) in [4.78, 5) is 12.1. The van der Waals surface area contributed by atoms with E-state index in [2.05, 4.69) is 15.9 Å². The van der Waals surface area contributed by atoms with E-state index >= 15 is 0 Å². The Morgan fingerprint density at radius 1 is 1.11 bits per heavy atom. The molecule has 0 atom stereocenters. The van der Waals surface area contributed by atoms with Gasteiger partial charge in [-0.25, -0.2) is 8.78 Å². The van der Waals surface area contributed by atoms with Crippen molar-refractivity contribution in [1.82, 2.24) is 0 Å². The van der Waals surface area contributed by atoms with Gasteiger partial charge in [0.05, 0.1) is 0 Å². The fourth-order valence-electron chi connectivity index (χ4n) is 1.93. The predicted molar refractivity (Wildman–Crippen MR) is 73.3 cm³/mol. The van der Waals surface area contributed by atoms with E-state index in [9.17, 15) is 13.6 Å². The number of carbonyl (C=O) groups is 1. The Morgan fingerprint density at radius 2 is 1.84 bits per heavy atom. The van der Waals surface area contributed by atoms with Gasteiger partial charge >= 0.3 is 0 Å². The second-order valence-corrected chi connectivity index (χ2v) is 5.25. The minimum atomic E-state index is -0.395. The van der Waals surface area contributed by atoms with Crippen molar-refractivity contribution in [3.63, 3.8) is 0 Å². The largest absolute Gasteiger partial charge is 0.294 e. The average molecular weight is 325 g/mol. The first-order valence-corrected chi connectivity index (χ1v) is 6.49. The molecule has 2 aromatic carbocycles. The number of benzene rings is 2. The number of ketones is 1. The third-order valence-electron chi connectivity index (χ3n) is 2.78. The molecule has 0 spiro atoms. The van der Waals surface area contributed by atoms with E-state index in [-0.39, 0.29) is 18.0 Å². The molecule has 0 aliphatic heterocycles. The summed E-state index contributed by atoms with van der Waals surface area (Å²) in [5, 5.41) is 0. The average Bonchev–Trinajstić information content (AvgIpc) is 2.26. The van der Waals surface area contributed by atoms with E-state index in [0.717, 1.165) is 0 Å². The first-order chi connectivity index (χ1) is 8.95. The summed E-state index contributed by atoms with van der Waals surface area (Å²) in [5.74, 6) is -0.925. The topological polar surface area (TPSA) is 17.1 Å². The van der Waals surface area contributed by atoms with E-state index < -0.39 is 5.82 Å². The molecule has 98 valence electrons. The quantitative estimate of drug-likeness (QED) is 0.762. The van der Waals surface area contributed by atoms with Crippen molar-refractivity contribution >= 4 is 21.7 Å². The summed E-state index contributed by atoms with van der Waals surface area (Å²) in [7, 11) is 0. The lowest BCUT2D eigenvalue weighted by molar-refractivity contribution is 0.0992. The Labute approximate surface area is 118 Å². The van der Waals surface area contributed by atoms with Gasteiger partial charge in [-0.1, -0.05) is 15.9 Å². The van der Waals surface area contributed by atoms with Crippen molar-refractivity contribution in [2.45, 2.75) is 13.3 Å². The monoisotopic (exact) mass is 324 g/mol. The molecule has 0 saturated carbocycles.